The summed E-state index contributed by atoms with van der Waals surface area (Å²) >= 11 is 0. The molecule has 8 heteroatoms. The summed E-state index contributed by atoms with van der Waals surface area (Å²) in [5.41, 5.74) is 5.37. The highest BCUT2D eigenvalue weighted by Crippen LogP contribution is 2.28. The van der Waals surface area contributed by atoms with Gasteiger partial charge in [-0.05, 0) is 49.4 Å². The summed E-state index contributed by atoms with van der Waals surface area (Å²) in [6.45, 7) is 6.01. The Labute approximate surface area is 205 Å². The predicted octanol–water partition coefficient (Wildman–Crippen LogP) is 3.91. The molecule has 2 aliphatic heterocycles. The van der Waals surface area contributed by atoms with E-state index in [-0.39, 0.29) is 23.8 Å². The van der Waals surface area contributed by atoms with Crippen LogP contribution in [-0.4, -0.2) is 44.8 Å². The van der Waals surface area contributed by atoms with Crippen LogP contribution in [0.2, 0.25) is 0 Å². The standard InChI is InChI=1S/C27H31N5O3/c1-3-19-5-4-6-22(15-19)28-26(33)21-11-13-31(14-12-21)27(34)25-23-17-35-24(16-32(23)30-29-25)20-9-7-18(2)8-10-20/h4-10,15,21,24H,3,11-14,16-17H2,1-2H3,(H,28,33)/t24-/m0/s1. The van der Waals surface area contributed by atoms with E-state index in [1.807, 2.05) is 18.2 Å². The van der Waals surface area contributed by atoms with Gasteiger partial charge in [-0.1, -0.05) is 54.1 Å². The highest BCUT2D eigenvalue weighted by Gasteiger charge is 2.33. The third-order valence-electron chi connectivity index (χ3n) is 7.01. The molecule has 1 saturated heterocycles. The van der Waals surface area contributed by atoms with Gasteiger partial charge in [-0.15, -0.1) is 5.10 Å². The van der Waals surface area contributed by atoms with Gasteiger partial charge in [-0.25, -0.2) is 4.68 Å². The average molecular weight is 474 g/mol. The second kappa shape index (κ2) is 10.00. The summed E-state index contributed by atoms with van der Waals surface area (Å²) in [6.07, 6.45) is 2.06. The Balaban J connectivity index is 1.18. The molecular formula is C27H31N5O3. The van der Waals surface area contributed by atoms with Crippen molar-refractivity contribution in [3.63, 3.8) is 0 Å². The summed E-state index contributed by atoms with van der Waals surface area (Å²) in [7, 11) is 0. The van der Waals surface area contributed by atoms with Crippen LogP contribution >= 0.6 is 0 Å². The molecule has 3 heterocycles. The lowest BCUT2D eigenvalue weighted by Crippen LogP contribution is -2.42. The minimum absolute atomic E-state index is 0.0157. The van der Waals surface area contributed by atoms with Gasteiger partial charge < -0.3 is 15.0 Å². The SMILES string of the molecule is CCc1cccc(NC(=O)C2CCN(C(=O)c3nnn4c3CO[C@H](c3ccc(C)cc3)C4)CC2)c1. The second-order valence-electron chi connectivity index (χ2n) is 9.39. The Bertz CT molecular complexity index is 1210. The molecule has 2 aromatic carbocycles. The van der Waals surface area contributed by atoms with E-state index in [0.717, 1.165) is 17.7 Å². The number of nitrogens with zero attached hydrogens (tertiary/aromatic N) is 4. The molecule has 2 aliphatic rings. The number of carbonyl (C=O) groups excluding carboxylic acids is 2. The number of anilines is 1. The molecule has 0 unspecified atom stereocenters. The number of amides is 2. The number of hydrogen-bond acceptors (Lipinski definition) is 5. The minimum atomic E-state index is -0.141. The van der Waals surface area contributed by atoms with Gasteiger partial charge in [0.1, 0.15) is 6.10 Å². The molecule has 35 heavy (non-hydrogen) atoms. The molecule has 0 spiro atoms. The Morgan fingerprint density at radius 3 is 2.63 bits per heavy atom. The van der Waals surface area contributed by atoms with E-state index in [1.165, 1.54) is 11.1 Å². The van der Waals surface area contributed by atoms with Crippen molar-refractivity contribution in [1.82, 2.24) is 19.9 Å². The molecule has 1 aromatic heterocycles. The highest BCUT2D eigenvalue weighted by atomic mass is 16.5. The Morgan fingerprint density at radius 2 is 1.89 bits per heavy atom. The maximum atomic E-state index is 13.2. The zero-order chi connectivity index (χ0) is 24.4. The van der Waals surface area contributed by atoms with Crippen molar-refractivity contribution >= 4 is 17.5 Å². The van der Waals surface area contributed by atoms with Crippen molar-refractivity contribution in [2.45, 2.75) is 52.4 Å². The number of nitrogens with one attached hydrogen (secondary N) is 1. The lowest BCUT2D eigenvalue weighted by molar-refractivity contribution is -0.121. The van der Waals surface area contributed by atoms with Crippen LogP contribution in [0, 0.1) is 12.8 Å². The molecule has 2 amide bonds. The van der Waals surface area contributed by atoms with E-state index in [1.54, 1.807) is 9.58 Å². The molecule has 0 radical (unpaired) electrons. The van der Waals surface area contributed by atoms with Crippen LogP contribution in [0.1, 0.15) is 58.7 Å². The molecule has 0 bridgehead atoms. The number of benzene rings is 2. The molecule has 1 fully saturated rings. The van der Waals surface area contributed by atoms with Crippen molar-refractivity contribution in [3.05, 3.63) is 76.6 Å². The smallest absolute Gasteiger partial charge is 0.276 e. The predicted molar refractivity (Wildman–Crippen MR) is 132 cm³/mol. The lowest BCUT2D eigenvalue weighted by Gasteiger charge is -2.31. The van der Waals surface area contributed by atoms with E-state index in [4.69, 9.17) is 4.74 Å². The molecule has 1 atom stereocenters. The molecule has 8 nitrogen and oxygen atoms in total. The van der Waals surface area contributed by atoms with E-state index in [9.17, 15) is 9.59 Å². The van der Waals surface area contributed by atoms with Gasteiger partial charge in [-0.3, -0.25) is 9.59 Å². The normalized spacial score (nSPS) is 18.2. The summed E-state index contributed by atoms with van der Waals surface area (Å²) in [5.74, 6) is -0.239. The van der Waals surface area contributed by atoms with E-state index < -0.39 is 0 Å². The van der Waals surface area contributed by atoms with Gasteiger partial charge >= 0.3 is 0 Å². The molecule has 5 rings (SSSR count). The summed E-state index contributed by atoms with van der Waals surface area (Å²) in [5, 5.41) is 11.5. The quantitative estimate of drug-likeness (QED) is 0.607. The monoisotopic (exact) mass is 473 g/mol. The lowest BCUT2D eigenvalue weighted by atomic mass is 9.95. The van der Waals surface area contributed by atoms with Crippen molar-refractivity contribution < 1.29 is 14.3 Å². The number of ether oxygens (including phenoxy) is 1. The van der Waals surface area contributed by atoms with Crippen molar-refractivity contribution in [2.24, 2.45) is 5.92 Å². The summed E-state index contributed by atoms with van der Waals surface area (Å²) in [4.78, 5) is 27.8. The van der Waals surface area contributed by atoms with Crippen LogP contribution in [0.15, 0.2) is 48.5 Å². The number of piperidine rings is 1. The zero-order valence-corrected chi connectivity index (χ0v) is 20.2. The second-order valence-corrected chi connectivity index (χ2v) is 9.39. The van der Waals surface area contributed by atoms with Gasteiger partial charge in [0.15, 0.2) is 5.69 Å². The average Bonchev–Trinajstić information content (AvgIpc) is 3.32. The van der Waals surface area contributed by atoms with Gasteiger partial charge in [0.2, 0.25) is 5.91 Å². The first kappa shape index (κ1) is 23.2. The number of aromatic nitrogens is 3. The van der Waals surface area contributed by atoms with E-state index in [0.29, 0.717) is 50.5 Å². The summed E-state index contributed by atoms with van der Waals surface area (Å²) in [6, 6.07) is 16.2. The summed E-state index contributed by atoms with van der Waals surface area (Å²) < 4.78 is 7.85. The Kier molecular flexibility index (Phi) is 6.63. The largest absolute Gasteiger partial charge is 0.365 e. The van der Waals surface area contributed by atoms with E-state index >= 15 is 0 Å². The third kappa shape index (κ3) is 4.98. The minimum Gasteiger partial charge on any atom is -0.365 e. The molecule has 0 saturated carbocycles. The van der Waals surface area contributed by atoms with Crippen LogP contribution in [0.3, 0.4) is 0 Å². The van der Waals surface area contributed by atoms with Crippen LogP contribution in [0.5, 0.6) is 0 Å². The van der Waals surface area contributed by atoms with Gasteiger partial charge in [0.25, 0.3) is 5.91 Å². The van der Waals surface area contributed by atoms with Crippen molar-refractivity contribution in [2.75, 3.05) is 18.4 Å². The third-order valence-corrected chi connectivity index (χ3v) is 7.01. The van der Waals surface area contributed by atoms with E-state index in [2.05, 4.69) is 59.8 Å². The number of rotatable bonds is 5. The van der Waals surface area contributed by atoms with Crippen LogP contribution in [-0.2, 0) is 29.1 Å². The van der Waals surface area contributed by atoms with Gasteiger partial charge in [0.05, 0.1) is 18.8 Å². The molecule has 0 aliphatic carbocycles. The zero-order valence-electron chi connectivity index (χ0n) is 20.2. The first-order valence-electron chi connectivity index (χ1n) is 12.3. The number of likely N-dealkylation sites (tertiary alicyclic amines) is 1. The van der Waals surface area contributed by atoms with Crippen LogP contribution < -0.4 is 5.32 Å². The van der Waals surface area contributed by atoms with Crippen molar-refractivity contribution in [3.8, 4) is 0 Å². The fraction of sp³-hybridized carbons (Fsp3) is 0.407. The highest BCUT2D eigenvalue weighted by molar-refractivity contribution is 5.94. The Morgan fingerprint density at radius 1 is 1.11 bits per heavy atom. The first-order valence-corrected chi connectivity index (χ1v) is 12.3. The maximum absolute atomic E-state index is 13.2. The molecule has 1 N–H and O–H groups in total. The number of carbonyl (C=O) groups is 2. The van der Waals surface area contributed by atoms with Crippen LogP contribution in [0.4, 0.5) is 5.69 Å². The van der Waals surface area contributed by atoms with Gasteiger partial charge in [-0.2, -0.15) is 0 Å². The fourth-order valence-corrected chi connectivity index (χ4v) is 4.77. The molecule has 182 valence electrons. The molecule has 3 aromatic rings. The number of fused-ring (bicyclic) bond motifs is 1. The number of hydrogen-bond donors (Lipinski definition) is 1. The fourth-order valence-electron chi connectivity index (χ4n) is 4.77. The van der Waals surface area contributed by atoms with Crippen LogP contribution in [0.25, 0.3) is 0 Å². The first-order chi connectivity index (χ1) is 17.0. The molecular weight excluding hydrogens is 442 g/mol. The topological polar surface area (TPSA) is 89.4 Å². The number of aryl methyl sites for hydroxylation is 2. The van der Waals surface area contributed by atoms with Gasteiger partial charge in [0, 0.05) is 24.7 Å². The Hall–Kier alpha value is -3.52. The van der Waals surface area contributed by atoms with Crippen molar-refractivity contribution in [1.29, 1.82) is 0 Å². The maximum Gasteiger partial charge on any atom is 0.276 e.